The smallest absolute Gasteiger partial charge is 0.0819 e. The van der Waals surface area contributed by atoms with Crippen molar-refractivity contribution in [2.45, 2.75) is 37.7 Å². The van der Waals surface area contributed by atoms with Crippen LogP contribution in [0.4, 0.5) is 11.4 Å². The lowest BCUT2D eigenvalue weighted by Crippen LogP contribution is -2.38. The molecule has 0 saturated heterocycles. The van der Waals surface area contributed by atoms with E-state index < -0.39 is 5.60 Å². The summed E-state index contributed by atoms with van der Waals surface area (Å²) in [6, 6.07) is 7.63. The molecule has 0 aliphatic heterocycles. The summed E-state index contributed by atoms with van der Waals surface area (Å²) in [4.78, 5) is 0. The van der Waals surface area contributed by atoms with Crippen molar-refractivity contribution in [2.24, 2.45) is 0 Å². The monoisotopic (exact) mass is 220 g/mol. The molecule has 4 N–H and O–H groups in total. The first-order valence-electron chi connectivity index (χ1n) is 6.00. The number of rotatable bonds is 3. The fourth-order valence-electron chi connectivity index (χ4n) is 2.25. The second-order valence-corrected chi connectivity index (χ2v) is 4.76. The summed E-state index contributed by atoms with van der Waals surface area (Å²) in [6.45, 7) is 0.636. The summed E-state index contributed by atoms with van der Waals surface area (Å²) in [7, 11) is 0. The van der Waals surface area contributed by atoms with Crippen LogP contribution < -0.4 is 11.1 Å². The molecular formula is C13H20N2O. The predicted molar refractivity (Wildman–Crippen MR) is 67.4 cm³/mol. The van der Waals surface area contributed by atoms with Gasteiger partial charge in [0.2, 0.25) is 0 Å². The molecule has 0 radical (unpaired) electrons. The summed E-state index contributed by atoms with van der Waals surface area (Å²) in [6.07, 6.45) is 5.36. The van der Waals surface area contributed by atoms with Gasteiger partial charge in [-0.1, -0.05) is 19.3 Å². The van der Waals surface area contributed by atoms with Crippen molar-refractivity contribution in [1.29, 1.82) is 0 Å². The number of nitrogens with one attached hydrogen (secondary N) is 1. The van der Waals surface area contributed by atoms with Gasteiger partial charge in [-0.05, 0) is 37.1 Å². The Hall–Kier alpha value is -1.22. The van der Waals surface area contributed by atoms with Gasteiger partial charge in [0.1, 0.15) is 0 Å². The maximum Gasteiger partial charge on any atom is 0.0819 e. The number of hydrogen-bond donors (Lipinski definition) is 3. The lowest BCUT2D eigenvalue weighted by atomic mass is 9.85. The van der Waals surface area contributed by atoms with Crippen molar-refractivity contribution in [1.82, 2.24) is 0 Å². The Morgan fingerprint density at radius 3 is 2.38 bits per heavy atom. The van der Waals surface area contributed by atoms with Gasteiger partial charge in [-0.3, -0.25) is 0 Å². The van der Waals surface area contributed by atoms with Gasteiger partial charge < -0.3 is 16.2 Å². The van der Waals surface area contributed by atoms with Crippen LogP contribution >= 0.6 is 0 Å². The Morgan fingerprint density at radius 1 is 1.12 bits per heavy atom. The molecule has 2 rings (SSSR count). The molecule has 1 aromatic rings. The first-order valence-corrected chi connectivity index (χ1v) is 6.00. The second kappa shape index (κ2) is 4.74. The Morgan fingerprint density at radius 2 is 1.75 bits per heavy atom. The molecular weight excluding hydrogens is 200 g/mol. The molecule has 3 heteroatoms. The van der Waals surface area contributed by atoms with E-state index in [-0.39, 0.29) is 0 Å². The number of nitrogens with two attached hydrogens (primary N) is 1. The molecule has 0 unspecified atom stereocenters. The van der Waals surface area contributed by atoms with Crippen LogP contribution in [0.3, 0.4) is 0 Å². The van der Waals surface area contributed by atoms with E-state index in [2.05, 4.69) is 5.32 Å². The molecule has 1 aromatic carbocycles. The number of anilines is 2. The highest BCUT2D eigenvalue weighted by Gasteiger charge is 2.28. The lowest BCUT2D eigenvalue weighted by Gasteiger charge is -2.32. The highest BCUT2D eigenvalue weighted by Crippen LogP contribution is 2.28. The van der Waals surface area contributed by atoms with E-state index >= 15 is 0 Å². The topological polar surface area (TPSA) is 58.3 Å². The molecule has 1 fully saturated rings. The minimum Gasteiger partial charge on any atom is -0.399 e. The molecule has 0 bridgehead atoms. The summed E-state index contributed by atoms with van der Waals surface area (Å²) < 4.78 is 0. The normalized spacial score (nSPS) is 19.3. The van der Waals surface area contributed by atoms with Crippen molar-refractivity contribution in [3.63, 3.8) is 0 Å². The Kier molecular flexibility index (Phi) is 3.34. The quantitative estimate of drug-likeness (QED) is 0.685. The van der Waals surface area contributed by atoms with Crippen LogP contribution in [0.25, 0.3) is 0 Å². The van der Waals surface area contributed by atoms with Crippen LogP contribution in [0.5, 0.6) is 0 Å². The molecule has 0 heterocycles. The van der Waals surface area contributed by atoms with Crippen molar-refractivity contribution >= 4 is 11.4 Å². The summed E-state index contributed by atoms with van der Waals surface area (Å²) in [5.74, 6) is 0. The molecule has 1 saturated carbocycles. The predicted octanol–water partition coefficient (Wildman–Crippen LogP) is 2.38. The summed E-state index contributed by atoms with van der Waals surface area (Å²) in [5.41, 5.74) is 6.89. The number of benzene rings is 1. The van der Waals surface area contributed by atoms with Crippen LogP contribution in [-0.4, -0.2) is 17.3 Å². The van der Waals surface area contributed by atoms with Gasteiger partial charge in [-0.25, -0.2) is 0 Å². The maximum atomic E-state index is 10.3. The first-order chi connectivity index (χ1) is 7.68. The minimum atomic E-state index is -0.514. The summed E-state index contributed by atoms with van der Waals surface area (Å²) in [5, 5.41) is 13.6. The van der Waals surface area contributed by atoms with E-state index in [9.17, 15) is 5.11 Å². The van der Waals surface area contributed by atoms with Gasteiger partial charge in [0, 0.05) is 17.9 Å². The first kappa shape index (κ1) is 11.3. The van der Waals surface area contributed by atoms with Crippen molar-refractivity contribution in [3.8, 4) is 0 Å². The fraction of sp³-hybridized carbons (Fsp3) is 0.538. The van der Waals surface area contributed by atoms with Crippen molar-refractivity contribution in [3.05, 3.63) is 24.3 Å². The standard InChI is InChI=1S/C13H20N2O/c14-11-4-6-12(7-5-11)15-10-13(16)8-2-1-3-9-13/h4-7,15-16H,1-3,8-10,14H2. The minimum absolute atomic E-state index is 0.514. The fourth-order valence-corrected chi connectivity index (χ4v) is 2.25. The van der Waals surface area contributed by atoms with Gasteiger partial charge in [-0.2, -0.15) is 0 Å². The zero-order valence-electron chi connectivity index (χ0n) is 9.58. The molecule has 1 aliphatic rings. The second-order valence-electron chi connectivity index (χ2n) is 4.76. The molecule has 1 aliphatic carbocycles. The molecule has 0 aromatic heterocycles. The Bertz CT molecular complexity index is 328. The number of hydrogen-bond acceptors (Lipinski definition) is 3. The lowest BCUT2D eigenvalue weighted by molar-refractivity contribution is 0.0167. The SMILES string of the molecule is Nc1ccc(NCC2(O)CCCCC2)cc1. The van der Waals surface area contributed by atoms with Crippen molar-refractivity contribution < 1.29 is 5.11 Å². The van der Waals surface area contributed by atoms with E-state index in [0.29, 0.717) is 6.54 Å². The Labute approximate surface area is 96.7 Å². The molecule has 0 atom stereocenters. The van der Waals surface area contributed by atoms with Crippen molar-refractivity contribution in [2.75, 3.05) is 17.6 Å². The van der Waals surface area contributed by atoms with Gasteiger partial charge in [0.05, 0.1) is 5.60 Å². The van der Waals surface area contributed by atoms with Gasteiger partial charge in [0.15, 0.2) is 0 Å². The molecule has 0 amide bonds. The average molecular weight is 220 g/mol. The number of aliphatic hydroxyl groups is 1. The van der Waals surface area contributed by atoms with E-state index in [4.69, 9.17) is 5.73 Å². The Balaban J connectivity index is 1.88. The molecule has 16 heavy (non-hydrogen) atoms. The molecule has 0 spiro atoms. The zero-order chi connectivity index (χ0) is 11.4. The van der Waals surface area contributed by atoms with Crippen LogP contribution in [0.2, 0.25) is 0 Å². The third-order valence-electron chi connectivity index (χ3n) is 3.32. The van der Waals surface area contributed by atoms with Gasteiger partial charge >= 0.3 is 0 Å². The zero-order valence-corrected chi connectivity index (χ0v) is 9.58. The van der Waals surface area contributed by atoms with E-state index in [1.165, 1.54) is 6.42 Å². The van der Waals surface area contributed by atoms with E-state index in [1.54, 1.807) is 0 Å². The third kappa shape index (κ3) is 2.89. The average Bonchev–Trinajstić information content (AvgIpc) is 2.29. The summed E-state index contributed by atoms with van der Waals surface area (Å²) >= 11 is 0. The third-order valence-corrected chi connectivity index (χ3v) is 3.32. The van der Waals surface area contributed by atoms with Crippen LogP contribution in [0.15, 0.2) is 24.3 Å². The van der Waals surface area contributed by atoms with Crippen LogP contribution in [0.1, 0.15) is 32.1 Å². The highest BCUT2D eigenvalue weighted by atomic mass is 16.3. The van der Waals surface area contributed by atoms with E-state index in [1.807, 2.05) is 24.3 Å². The van der Waals surface area contributed by atoms with E-state index in [0.717, 1.165) is 37.1 Å². The van der Waals surface area contributed by atoms with Gasteiger partial charge in [0.25, 0.3) is 0 Å². The molecule has 88 valence electrons. The highest BCUT2D eigenvalue weighted by molar-refractivity contribution is 5.51. The van der Waals surface area contributed by atoms with Gasteiger partial charge in [-0.15, -0.1) is 0 Å². The van der Waals surface area contributed by atoms with Crippen LogP contribution in [-0.2, 0) is 0 Å². The molecule has 3 nitrogen and oxygen atoms in total. The van der Waals surface area contributed by atoms with Crippen LogP contribution in [0, 0.1) is 0 Å². The number of nitrogen functional groups attached to an aromatic ring is 1. The maximum absolute atomic E-state index is 10.3. The largest absolute Gasteiger partial charge is 0.399 e.